The highest BCUT2D eigenvalue weighted by molar-refractivity contribution is 7.83. The van der Waals surface area contributed by atoms with Gasteiger partial charge in [0.25, 0.3) is 0 Å². The molecule has 0 heterocycles. The summed E-state index contributed by atoms with van der Waals surface area (Å²) in [5.41, 5.74) is 0. The van der Waals surface area contributed by atoms with Crippen molar-refractivity contribution in [3.63, 3.8) is 0 Å². The van der Waals surface area contributed by atoms with Crippen LogP contribution in [0.1, 0.15) is 19.3 Å². The maximum absolute atomic E-state index is 10.2. The molecule has 0 fully saturated rings. The van der Waals surface area contributed by atoms with Gasteiger partial charge in [0.1, 0.15) is 11.1 Å². The smallest absolute Gasteiger partial charge is 0.158 e. The number of phenolic OH excluding ortho intramolecular Hbond substituents is 2. The molecule has 0 aromatic heterocycles. The van der Waals surface area contributed by atoms with Gasteiger partial charge in [-0.2, -0.15) is 0 Å². The van der Waals surface area contributed by atoms with Crippen molar-refractivity contribution in [2.24, 2.45) is 0 Å². The van der Waals surface area contributed by atoms with E-state index in [1.807, 2.05) is 0 Å². The normalized spacial score (nSPS) is 11.8. The molecule has 0 saturated heterocycles. The summed E-state index contributed by atoms with van der Waals surface area (Å²) in [6, 6.07) is 4.52. The van der Waals surface area contributed by atoms with Crippen molar-refractivity contribution >= 4 is 12.6 Å². The van der Waals surface area contributed by atoms with E-state index in [0.717, 1.165) is 23.8 Å². The third-order valence-corrected chi connectivity index (χ3v) is 8.60. The molecule has 0 unspecified atom stereocenters. The van der Waals surface area contributed by atoms with Gasteiger partial charge in [0, 0.05) is 45.1 Å². The minimum absolute atomic E-state index is 0.0690. The number of hydrogen-bond donors (Lipinski definition) is 5. The lowest BCUT2D eigenvalue weighted by molar-refractivity contribution is 0.292. The van der Waals surface area contributed by atoms with Crippen LogP contribution >= 0.6 is 7.26 Å². The SMILES string of the molecule is OCCC[P+](CCCO)(CCCO)c1cc(O)ccc1O. The third-order valence-electron chi connectivity index (χ3n) is 3.70. The van der Waals surface area contributed by atoms with Crippen LogP contribution in [-0.2, 0) is 0 Å². The van der Waals surface area contributed by atoms with Gasteiger partial charge in [-0.05, 0) is 12.1 Å². The molecule has 0 amide bonds. The van der Waals surface area contributed by atoms with E-state index in [4.69, 9.17) is 15.3 Å². The van der Waals surface area contributed by atoms with Crippen LogP contribution in [0, 0.1) is 0 Å². The molecule has 0 aliphatic rings. The quantitative estimate of drug-likeness (QED) is 0.326. The van der Waals surface area contributed by atoms with Crippen molar-refractivity contribution in [2.75, 3.05) is 38.3 Å². The van der Waals surface area contributed by atoms with Crippen molar-refractivity contribution < 1.29 is 25.5 Å². The van der Waals surface area contributed by atoms with Gasteiger partial charge >= 0.3 is 0 Å². The molecule has 1 rings (SSSR count). The van der Waals surface area contributed by atoms with E-state index in [1.165, 1.54) is 12.1 Å². The van der Waals surface area contributed by atoms with E-state index in [0.29, 0.717) is 19.3 Å². The van der Waals surface area contributed by atoms with Gasteiger partial charge in [-0.1, -0.05) is 0 Å². The first kappa shape index (κ1) is 18.2. The second kappa shape index (κ2) is 9.21. The van der Waals surface area contributed by atoms with Gasteiger partial charge in [0.05, 0.1) is 25.7 Å². The van der Waals surface area contributed by atoms with E-state index >= 15 is 0 Å². The standard InChI is InChI=1S/C15H25O5P/c16-6-1-9-21(10-2-7-17,11-3-8-18)15-12-13(19)4-5-14(15)20/h4-5,12,16-18H,1-3,6-11H2,(H-,19,20)/p+1. The second-order valence-corrected chi connectivity index (χ2v) is 9.33. The zero-order valence-electron chi connectivity index (χ0n) is 12.3. The molecule has 0 saturated carbocycles. The van der Waals surface area contributed by atoms with E-state index in [2.05, 4.69) is 0 Å². The highest BCUT2D eigenvalue weighted by atomic mass is 31.2. The minimum Gasteiger partial charge on any atom is -0.508 e. The molecule has 0 atom stereocenters. The molecule has 0 aliphatic carbocycles. The Bertz CT molecular complexity index is 403. The summed E-state index contributed by atoms with van der Waals surface area (Å²) in [5, 5.41) is 48.1. The van der Waals surface area contributed by atoms with Gasteiger partial charge in [0.2, 0.25) is 0 Å². The molecule has 0 spiro atoms. The molecule has 0 radical (unpaired) electrons. The van der Waals surface area contributed by atoms with Crippen molar-refractivity contribution in [1.82, 2.24) is 0 Å². The van der Waals surface area contributed by atoms with Crippen molar-refractivity contribution in [3.8, 4) is 11.5 Å². The van der Waals surface area contributed by atoms with Crippen LogP contribution in [-0.4, -0.2) is 63.8 Å². The topological polar surface area (TPSA) is 101 Å². The number of aliphatic hydroxyl groups is 3. The van der Waals surface area contributed by atoms with E-state index in [9.17, 15) is 10.2 Å². The van der Waals surface area contributed by atoms with E-state index in [-0.39, 0.29) is 31.3 Å². The zero-order valence-corrected chi connectivity index (χ0v) is 13.2. The molecule has 120 valence electrons. The predicted molar refractivity (Wildman–Crippen MR) is 86.0 cm³/mol. The summed E-state index contributed by atoms with van der Waals surface area (Å²) in [5.74, 6) is 0.249. The zero-order chi connectivity index (χ0) is 15.7. The summed E-state index contributed by atoms with van der Waals surface area (Å²) in [6.07, 6.45) is 4.04. The van der Waals surface area contributed by atoms with Gasteiger partial charge < -0.3 is 25.5 Å². The van der Waals surface area contributed by atoms with Crippen molar-refractivity contribution in [3.05, 3.63) is 18.2 Å². The molecule has 5 N–H and O–H groups in total. The Morgan fingerprint density at radius 3 is 1.67 bits per heavy atom. The lowest BCUT2D eigenvalue weighted by Gasteiger charge is -2.28. The second-order valence-electron chi connectivity index (χ2n) is 5.22. The fourth-order valence-electron chi connectivity index (χ4n) is 2.71. The van der Waals surface area contributed by atoms with Gasteiger partial charge in [-0.3, -0.25) is 0 Å². The summed E-state index contributed by atoms with van der Waals surface area (Å²) in [7, 11) is -1.85. The first-order chi connectivity index (χ1) is 10.1. The molecule has 1 aromatic rings. The number of aliphatic hydroxyl groups excluding tert-OH is 3. The number of phenols is 2. The number of benzene rings is 1. The number of aromatic hydroxyl groups is 2. The average molecular weight is 317 g/mol. The Morgan fingerprint density at radius 1 is 0.762 bits per heavy atom. The highest BCUT2D eigenvalue weighted by Crippen LogP contribution is 2.60. The van der Waals surface area contributed by atoms with Gasteiger partial charge in [0.15, 0.2) is 5.75 Å². The van der Waals surface area contributed by atoms with Crippen molar-refractivity contribution in [2.45, 2.75) is 19.3 Å². The first-order valence-corrected chi connectivity index (χ1v) is 9.65. The highest BCUT2D eigenvalue weighted by Gasteiger charge is 2.41. The van der Waals surface area contributed by atoms with Crippen LogP contribution in [0.5, 0.6) is 11.5 Å². The fraction of sp³-hybridized carbons (Fsp3) is 0.600. The lowest BCUT2D eigenvalue weighted by atomic mass is 10.3. The summed E-state index contributed by atoms with van der Waals surface area (Å²) in [6.45, 7) is 0.207. The number of rotatable bonds is 10. The summed E-state index contributed by atoms with van der Waals surface area (Å²) in [4.78, 5) is 0. The third kappa shape index (κ3) is 5.11. The monoisotopic (exact) mass is 317 g/mol. The van der Waals surface area contributed by atoms with Crippen LogP contribution in [0.15, 0.2) is 18.2 Å². The molecule has 1 aromatic carbocycles. The van der Waals surface area contributed by atoms with Crippen LogP contribution in [0.4, 0.5) is 0 Å². The molecule has 0 bridgehead atoms. The molecule has 21 heavy (non-hydrogen) atoms. The predicted octanol–water partition coefficient (Wildman–Crippen LogP) is 0.888. The van der Waals surface area contributed by atoms with E-state index < -0.39 is 7.26 Å². The van der Waals surface area contributed by atoms with Gasteiger partial charge in [-0.25, -0.2) is 0 Å². The van der Waals surface area contributed by atoms with Crippen LogP contribution in [0.25, 0.3) is 0 Å². The largest absolute Gasteiger partial charge is 0.508 e. The molecular formula is C15H26O5P+. The Hall–Kier alpha value is -0.870. The molecular weight excluding hydrogens is 291 g/mol. The number of hydrogen-bond acceptors (Lipinski definition) is 5. The van der Waals surface area contributed by atoms with E-state index in [1.54, 1.807) is 6.07 Å². The summed E-state index contributed by atoms with van der Waals surface area (Å²) < 4.78 is 0. The van der Waals surface area contributed by atoms with Gasteiger partial charge in [-0.15, -0.1) is 0 Å². The Labute approximate surface area is 126 Å². The molecule has 5 nitrogen and oxygen atoms in total. The maximum Gasteiger partial charge on any atom is 0.158 e. The molecule has 6 heteroatoms. The first-order valence-electron chi connectivity index (χ1n) is 7.31. The molecule has 0 aliphatic heterocycles. The minimum atomic E-state index is -1.85. The van der Waals surface area contributed by atoms with Crippen LogP contribution in [0.3, 0.4) is 0 Å². The Kier molecular flexibility index (Phi) is 7.97. The van der Waals surface area contributed by atoms with Crippen LogP contribution in [0.2, 0.25) is 0 Å². The van der Waals surface area contributed by atoms with Crippen molar-refractivity contribution in [1.29, 1.82) is 0 Å². The Morgan fingerprint density at radius 2 is 1.24 bits per heavy atom. The Balaban J connectivity index is 3.19. The fourth-order valence-corrected chi connectivity index (χ4v) is 7.31. The maximum atomic E-state index is 10.2. The van der Waals surface area contributed by atoms with Crippen LogP contribution < -0.4 is 5.30 Å². The average Bonchev–Trinajstić information content (AvgIpc) is 2.49. The summed E-state index contributed by atoms with van der Waals surface area (Å²) >= 11 is 0. The lowest BCUT2D eigenvalue weighted by Crippen LogP contribution is -2.23.